The minimum atomic E-state index is -0.224. The zero-order chi connectivity index (χ0) is 19.1. The van der Waals surface area contributed by atoms with Gasteiger partial charge < -0.3 is 14.8 Å². The van der Waals surface area contributed by atoms with Gasteiger partial charge >= 0.3 is 0 Å². The van der Waals surface area contributed by atoms with E-state index in [1.165, 1.54) is 11.8 Å². The third kappa shape index (κ3) is 4.77. The molecule has 1 amide bonds. The molecule has 0 unspecified atom stereocenters. The molecule has 27 heavy (non-hydrogen) atoms. The maximum atomic E-state index is 12.6. The Morgan fingerprint density at radius 1 is 1.11 bits per heavy atom. The predicted molar refractivity (Wildman–Crippen MR) is 106 cm³/mol. The van der Waals surface area contributed by atoms with Crippen molar-refractivity contribution in [2.45, 2.75) is 11.6 Å². The topological polar surface area (TPSA) is 73.3 Å². The number of nitrogens with one attached hydrogen (secondary N) is 1. The predicted octanol–water partition coefficient (Wildman–Crippen LogP) is 4.04. The molecule has 0 fully saturated rings. The summed E-state index contributed by atoms with van der Waals surface area (Å²) >= 11 is 1.43. The average Bonchev–Trinajstić information content (AvgIpc) is 2.73. The van der Waals surface area contributed by atoms with Crippen LogP contribution < -0.4 is 14.8 Å². The van der Waals surface area contributed by atoms with Gasteiger partial charge in [0.25, 0.3) is 5.91 Å². The van der Waals surface area contributed by atoms with Gasteiger partial charge in [-0.3, -0.25) is 9.78 Å². The molecule has 0 saturated carbocycles. The maximum absolute atomic E-state index is 12.6. The van der Waals surface area contributed by atoms with E-state index in [0.717, 1.165) is 5.56 Å². The smallest absolute Gasteiger partial charge is 0.258 e. The lowest BCUT2D eigenvalue weighted by atomic mass is 10.2. The molecule has 3 aromatic rings. The van der Waals surface area contributed by atoms with E-state index in [1.807, 2.05) is 18.4 Å². The lowest BCUT2D eigenvalue weighted by Gasteiger charge is -2.13. The third-order valence-corrected chi connectivity index (χ3v) is 4.49. The highest BCUT2D eigenvalue weighted by molar-refractivity contribution is 7.98. The van der Waals surface area contributed by atoms with Gasteiger partial charge in [0.1, 0.15) is 11.6 Å². The molecule has 2 heterocycles. The van der Waals surface area contributed by atoms with Crippen molar-refractivity contribution in [3.05, 3.63) is 72.2 Å². The van der Waals surface area contributed by atoms with E-state index in [2.05, 4.69) is 15.3 Å². The molecule has 1 aromatic carbocycles. The zero-order valence-electron chi connectivity index (χ0n) is 15.0. The molecule has 0 spiro atoms. The number of nitrogens with zero attached hydrogens (tertiary/aromatic N) is 2. The van der Waals surface area contributed by atoms with Crippen LogP contribution in [0.1, 0.15) is 15.9 Å². The van der Waals surface area contributed by atoms with Crippen molar-refractivity contribution in [1.29, 1.82) is 0 Å². The Bertz CT molecular complexity index is 919. The highest BCUT2D eigenvalue weighted by Gasteiger charge is 2.13. The Balaban J connectivity index is 1.77. The standard InChI is InChI=1S/C20H19N3O3S/c1-25-17-6-5-15(12-18(17)26-13-14-7-10-21-11-8-14)23-19(24)16-4-3-9-22-20(16)27-2/h3-12H,13H2,1-2H3,(H,23,24). The van der Waals surface area contributed by atoms with Crippen molar-refractivity contribution in [2.75, 3.05) is 18.7 Å². The first-order valence-electron chi connectivity index (χ1n) is 8.21. The fourth-order valence-corrected chi connectivity index (χ4v) is 2.98. The van der Waals surface area contributed by atoms with Gasteiger partial charge in [-0.2, -0.15) is 0 Å². The van der Waals surface area contributed by atoms with Gasteiger partial charge in [0.15, 0.2) is 11.5 Å². The molecule has 7 heteroatoms. The molecule has 0 saturated heterocycles. The molecule has 0 aliphatic carbocycles. The van der Waals surface area contributed by atoms with E-state index >= 15 is 0 Å². The number of pyridine rings is 2. The second kappa shape index (κ2) is 9.05. The van der Waals surface area contributed by atoms with Crippen LogP contribution in [-0.4, -0.2) is 29.2 Å². The van der Waals surface area contributed by atoms with Crippen molar-refractivity contribution in [3.8, 4) is 11.5 Å². The number of hydrogen-bond donors (Lipinski definition) is 1. The summed E-state index contributed by atoms with van der Waals surface area (Å²) in [6.07, 6.45) is 6.98. The second-order valence-corrected chi connectivity index (χ2v) is 6.32. The van der Waals surface area contributed by atoms with Crippen LogP contribution in [0.5, 0.6) is 11.5 Å². The fraction of sp³-hybridized carbons (Fsp3) is 0.150. The van der Waals surface area contributed by atoms with Crippen LogP contribution in [0, 0.1) is 0 Å². The summed E-state index contributed by atoms with van der Waals surface area (Å²) in [4.78, 5) is 20.8. The molecular weight excluding hydrogens is 362 g/mol. The summed E-state index contributed by atoms with van der Waals surface area (Å²) in [5, 5.41) is 3.56. The Morgan fingerprint density at radius 3 is 2.67 bits per heavy atom. The van der Waals surface area contributed by atoms with E-state index in [0.29, 0.717) is 34.4 Å². The van der Waals surface area contributed by atoms with Gasteiger partial charge in [0, 0.05) is 30.3 Å². The Labute approximate surface area is 162 Å². The number of methoxy groups -OCH3 is 1. The monoisotopic (exact) mass is 381 g/mol. The molecule has 1 N–H and O–H groups in total. The number of rotatable bonds is 7. The normalized spacial score (nSPS) is 10.3. The first-order valence-corrected chi connectivity index (χ1v) is 9.44. The van der Waals surface area contributed by atoms with E-state index in [4.69, 9.17) is 9.47 Å². The van der Waals surface area contributed by atoms with Gasteiger partial charge in [0.2, 0.25) is 0 Å². The first-order chi connectivity index (χ1) is 13.2. The van der Waals surface area contributed by atoms with Crippen molar-refractivity contribution >= 4 is 23.4 Å². The lowest BCUT2D eigenvalue weighted by Crippen LogP contribution is -2.13. The lowest BCUT2D eigenvalue weighted by molar-refractivity contribution is 0.102. The van der Waals surface area contributed by atoms with Crippen LogP contribution in [0.15, 0.2) is 66.1 Å². The molecule has 138 valence electrons. The number of hydrogen-bond acceptors (Lipinski definition) is 6. The molecule has 0 bridgehead atoms. The number of thioether (sulfide) groups is 1. The Kier molecular flexibility index (Phi) is 6.27. The van der Waals surface area contributed by atoms with E-state index in [-0.39, 0.29) is 5.91 Å². The minimum absolute atomic E-state index is 0.224. The zero-order valence-corrected chi connectivity index (χ0v) is 15.8. The number of ether oxygens (including phenoxy) is 2. The summed E-state index contributed by atoms with van der Waals surface area (Å²) in [7, 11) is 1.58. The summed E-state index contributed by atoms with van der Waals surface area (Å²) in [5.41, 5.74) is 2.13. The Hall–Kier alpha value is -3.06. The highest BCUT2D eigenvalue weighted by atomic mass is 32.2. The number of amides is 1. The van der Waals surface area contributed by atoms with E-state index in [9.17, 15) is 4.79 Å². The van der Waals surface area contributed by atoms with Crippen LogP contribution in [0.2, 0.25) is 0 Å². The number of benzene rings is 1. The van der Waals surface area contributed by atoms with Crippen LogP contribution >= 0.6 is 11.8 Å². The number of aromatic nitrogens is 2. The van der Waals surface area contributed by atoms with Crippen LogP contribution in [0.3, 0.4) is 0 Å². The van der Waals surface area contributed by atoms with Gasteiger partial charge in [0.05, 0.1) is 12.7 Å². The number of anilines is 1. The van der Waals surface area contributed by atoms with Crippen molar-refractivity contribution in [3.63, 3.8) is 0 Å². The van der Waals surface area contributed by atoms with Gasteiger partial charge in [-0.1, -0.05) is 0 Å². The molecule has 0 aliphatic rings. The second-order valence-electron chi connectivity index (χ2n) is 5.52. The average molecular weight is 381 g/mol. The summed E-state index contributed by atoms with van der Waals surface area (Å²) in [6, 6.07) is 12.5. The van der Waals surface area contributed by atoms with E-state index in [1.54, 1.807) is 56.0 Å². The summed E-state index contributed by atoms with van der Waals surface area (Å²) < 4.78 is 11.2. The highest BCUT2D eigenvalue weighted by Crippen LogP contribution is 2.31. The minimum Gasteiger partial charge on any atom is -0.493 e. The molecule has 3 rings (SSSR count). The molecule has 2 aromatic heterocycles. The van der Waals surface area contributed by atoms with Crippen molar-refractivity contribution < 1.29 is 14.3 Å². The van der Waals surface area contributed by atoms with Crippen LogP contribution in [-0.2, 0) is 6.61 Å². The number of carbonyl (C=O) groups is 1. The maximum Gasteiger partial charge on any atom is 0.258 e. The number of carbonyl (C=O) groups excluding carboxylic acids is 1. The van der Waals surface area contributed by atoms with Gasteiger partial charge in [-0.25, -0.2) is 4.98 Å². The SMILES string of the molecule is COc1ccc(NC(=O)c2cccnc2SC)cc1OCc1ccncc1. The molecule has 6 nitrogen and oxygen atoms in total. The third-order valence-electron chi connectivity index (χ3n) is 3.77. The summed E-state index contributed by atoms with van der Waals surface area (Å²) in [5.74, 6) is 0.911. The molecular formula is C20H19N3O3S. The quantitative estimate of drug-likeness (QED) is 0.623. The van der Waals surface area contributed by atoms with Crippen molar-refractivity contribution in [2.24, 2.45) is 0 Å². The van der Waals surface area contributed by atoms with Crippen LogP contribution in [0.25, 0.3) is 0 Å². The van der Waals surface area contributed by atoms with Gasteiger partial charge in [-0.15, -0.1) is 11.8 Å². The summed E-state index contributed by atoms with van der Waals surface area (Å²) in [6.45, 7) is 0.371. The first kappa shape index (κ1) is 18.7. The molecule has 0 aliphatic heterocycles. The largest absolute Gasteiger partial charge is 0.493 e. The van der Waals surface area contributed by atoms with Crippen LogP contribution in [0.4, 0.5) is 5.69 Å². The fourth-order valence-electron chi connectivity index (χ4n) is 2.43. The van der Waals surface area contributed by atoms with Crippen molar-refractivity contribution in [1.82, 2.24) is 9.97 Å². The Morgan fingerprint density at radius 2 is 1.93 bits per heavy atom. The molecule has 0 radical (unpaired) electrons. The van der Waals surface area contributed by atoms with Gasteiger partial charge in [-0.05, 0) is 48.2 Å². The van der Waals surface area contributed by atoms with E-state index < -0.39 is 0 Å². The molecule has 0 atom stereocenters.